The molecule has 3 aromatic rings. The Kier molecular flexibility index (Phi) is 12.4. The minimum atomic E-state index is -4.80. The van der Waals surface area contributed by atoms with Gasteiger partial charge < -0.3 is 10.2 Å². The normalized spacial score (nSPS) is 27.0. The highest BCUT2D eigenvalue weighted by Crippen LogP contribution is 2.44. The molecule has 14 nitrogen and oxygen atoms in total. The summed E-state index contributed by atoms with van der Waals surface area (Å²) in [5, 5.41) is 20.1. The van der Waals surface area contributed by atoms with Gasteiger partial charge in [0.2, 0.25) is 23.6 Å². The molecule has 4 amide bonds. The number of imide groups is 1. The number of benzene rings is 1. The lowest BCUT2D eigenvalue weighted by Crippen LogP contribution is -2.58. The Labute approximate surface area is 353 Å². The first-order chi connectivity index (χ1) is 28.4. The topological polar surface area (TPSA) is 160 Å². The molecule has 3 saturated heterocycles. The first-order valence-corrected chi connectivity index (χ1v) is 21.2. The van der Waals surface area contributed by atoms with Crippen molar-refractivity contribution in [2.75, 3.05) is 36.4 Å². The Morgan fingerprint density at radius 3 is 2.43 bits per heavy atom. The van der Waals surface area contributed by atoms with Gasteiger partial charge in [0.25, 0.3) is 0 Å². The number of nitrogens with zero attached hydrogens (tertiary/aromatic N) is 8. The van der Waals surface area contributed by atoms with Crippen LogP contribution in [0.4, 0.5) is 24.5 Å². The number of halogens is 3. The van der Waals surface area contributed by atoms with Crippen LogP contribution in [0.5, 0.6) is 0 Å². The van der Waals surface area contributed by atoms with Crippen LogP contribution in [0, 0.1) is 17.2 Å². The summed E-state index contributed by atoms with van der Waals surface area (Å²) in [6.45, 7) is 10.7. The van der Waals surface area contributed by atoms with E-state index in [2.05, 4.69) is 44.4 Å². The first kappa shape index (κ1) is 43.5. The quantitative estimate of drug-likeness (QED) is 0.178. The van der Waals surface area contributed by atoms with Gasteiger partial charge in [-0.3, -0.25) is 43.9 Å². The number of thiol groups is 1. The molecule has 322 valence electrons. The predicted octanol–water partition coefficient (Wildman–Crippen LogP) is 5.39. The van der Waals surface area contributed by atoms with Crippen LogP contribution in [-0.2, 0) is 32.4 Å². The molecule has 4 aliphatic rings. The van der Waals surface area contributed by atoms with E-state index < -0.39 is 34.4 Å². The average Bonchev–Trinajstić information content (AvgIpc) is 3.61. The summed E-state index contributed by atoms with van der Waals surface area (Å²) in [6, 6.07) is 8.20. The molecule has 0 spiro atoms. The Balaban J connectivity index is 0.883. The third-order valence-electron chi connectivity index (χ3n) is 13.0. The maximum Gasteiger partial charge on any atom is 0.419 e. The number of anilines is 2. The van der Waals surface area contributed by atoms with Crippen LogP contribution in [0.3, 0.4) is 0 Å². The molecule has 2 unspecified atom stereocenters. The number of nitrogens with one attached hydrogen (secondary N) is 2. The number of hydrogen-bond donors (Lipinski definition) is 3. The molecular formula is C42H53F3N10O4S. The van der Waals surface area contributed by atoms with E-state index in [9.17, 15) is 37.6 Å². The molecule has 5 heterocycles. The zero-order valence-electron chi connectivity index (χ0n) is 34.6. The van der Waals surface area contributed by atoms with Gasteiger partial charge in [0.05, 0.1) is 52.3 Å². The van der Waals surface area contributed by atoms with Crippen molar-refractivity contribution in [3.63, 3.8) is 0 Å². The number of alkyl halides is 3. The standard InChI is InChI=1S/C42H53F3N10O4S/c1-24-21-52(22-25(2)53(24)23-35(57)48-32-10-6-9-29-36(50-51(5)37(29)32)30-15-16-34(56)49-38(30)58)17-7-8-26-11-13-27(14-12-26)55-40(60)54(39(59)41(55,3)4)28-18-31(42(43,44)45)33(19-46)47-20-28/h6,9-10,18,20,24-27,30,40,60H,7-8,11-17,21-23H2,1-5H3,(H,48,57)(H,49,56,58)/t24-,25+,26?,27?,30?,40?. The molecule has 7 rings (SSSR count). The number of hydrogen-bond acceptors (Lipinski definition) is 11. The number of piperidine rings is 1. The summed E-state index contributed by atoms with van der Waals surface area (Å²) >= 11 is 4.77. The summed E-state index contributed by atoms with van der Waals surface area (Å²) in [5.41, 5.74) is -1.80. The van der Waals surface area contributed by atoms with Crippen molar-refractivity contribution in [1.29, 1.82) is 5.26 Å². The minimum absolute atomic E-state index is 0.0282. The largest absolute Gasteiger partial charge is 0.419 e. The first-order valence-electron chi connectivity index (χ1n) is 20.7. The van der Waals surface area contributed by atoms with E-state index in [0.29, 0.717) is 23.7 Å². The van der Waals surface area contributed by atoms with Crippen molar-refractivity contribution in [3.05, 3.63) is 47.4 Å². The second-order valence-corrected chi connectivity index (χ2v) is 17.9. The second-order valence-electron chi connectivity index (χ2n) is 17.4. The molecule has 0 radical (unpaired) electrons. The summed E-state index contributed by atoms with van der Waals surface area (Å²) < 4.78 is 42.9. The fourth-order valence-electron chi connectivity index (χ4n) is 10.0. The number of piperazine rings is 1. The van der Waals surface area contributed by atoms with E-state index in [4.69, 9.17) is 12.6 Å². The number of amides is 4. The van der Waals surface area contributed by atoms with E-state index in [1.54, 1.807) is 25.6 Å². The Bertz CT molecular complexity index is 2190. The zero-order chi connectivity index (χ0) is 43.3. The number of nitriles is 1. The molecule has 0 bridgehead atoms. The van der Waals surface area contributed by atoms with E-state index in [1.807, 2.05) is 23.1 Å². The highest BCUT2D eigenvalue weighted by Gasteiger charge is 2.54. The monoisotopic (exact) mass is 850 g/mol. The van der Waals surface area contributed by atoms with Crippen LogP contribution in [0.15, 0.2) is 30.5 Å². The Morgan fingerprint density at radius 2 is 1.78 bits per heavy atom. The molecular weight excluding hydrogens is 798 g/mol. The summed E-state index contributed by atoms with van der Waals surface area (Å²) in [6.07, 6.45) is 2.72. The van der Waals surface area contributed by atoms with E-state index in [-0.39, 0.29) is 60.4 Å². The van der Waals surface area contributed by atoms with Crippen LogP contribution in [0.2, 0.25) is 0 Å². The molecule has 2 aromatic heterocycles. The van der Waals surface area contributed by atoms with Crippen molar-refractivity contribution in [2.24, 2.45) is 13.0 Å². The number of carbonyl (C=O) groups excluding carboxylic acids is 4. The molecule has 60 heavy (non-hydrogen) atoms. The SMILES string of the molecule is C[C@@H]1CN(CCCC2CCC(N3C(S)N(c4cnc(C#N)c(C(F)(F)F)c4)C(=O)C3(C)C)CC2)C[C@H](C)N1CC(=O)Nc1cccc2c(C3CCC(=O)NC3=O)nn(C)c12. The summed E-state index contributed by atoms with van der Waals surface area (Å²) in [7, 11) is 1.78. The van der Waals surface area contributed by atoms with Gasteiger partial charge in [-0.2, -0.15) is 23.5 Å². The lowest BCUT2D eigenvalue weighted by molar-refractivity contribution is -0.138. The fourth-order valence-corrected chi connectivity index (χ4v) is 10.7. The van der Waals surface area contributed by atoms with Gasteiger partial charge in [0.15, 0.2) is 5.69 Å². The Hall–Kier alpha value is -4.57. The third-order valence-corrected chi connectivity index (χ3v) is 13.4. The number of para-hydroxylation sites is 1. The van der Waals surface area contributed by atoms with Gasteiger partial charge in [0.1, 0.15) is 11.6 Å². The minimum Gasteiger partial charge on any atom is -0.323 e. The number of aromatic nitrogens is 3. The number of pyridine rings is 1. The van der Waals surface area contributed by atoms with Gasteiger partial charge in [-0.1, -0.05) is 12.1 Å². The maximum atomic E-state index is 13.7. The van der Waals surface area contributed by atoms with Crippen molar-refractivity contribution >= 4 is 58.5 Å². The number of aryl methyl sites for hydroxylation is 1. The Morgan fingerprint density at radius 1 is 1.08 bits per heavy atom. The number of carbonyl (C=O) groups is 4. The van der Waals surface area contributed by atoms with E-state index >= 15 is 0 Å². The fraction of sp³-hybridized carbons (Fsp3) is 0.595. The maximum absolute atomic E-state index is 13.7. The van der Waals surface area contributed by atoms with Gasteiger partial charge in [0, 0.05) is 50.1 Å². The third kappa shape index (κ3) is 8.50. The van der Waals surface area contributed by atoms with Gasteiger partial charge >= 0.3 is 6.18 Å². The molecule has 1 aliphatic carbocycles. The average molecular weight is 851 g/mol. The molecule has 4 atom stereocenters. The smallest absolute Gasteiger partial charge is 0.323 e. The lowest BCUT2D eigenvalue weighted by atomic mass is 9.81. The van der Waals surface area contributed by atoms with Crippen LogP contribution in [0.1, 0.15) is 102 Å². The van der Waals surface area contributed by atoms with Crippen LogP contribution < -0.4 is 15.5 Å². The zero-order valence-corrected chi connectivity index (χ0v) is 35.5. The predicted molar refractivity (Wildman–Crippen MR) is 222 cm³/mol. The van der Waals surface area contributed by atoms with Crippen molar-refractivity contribution in [1.82, 2.24) is 34.8 Å². The van der Waals surface area contributed by atoms with Gasteiger partial charge in [-0.25, -0.2) is 4.98 Å². The van der Waals surface area contributed by atoms with Crippen molar-refractivity contribution in [3.8, 4) is 6.07 Å². The molecule has 1 aromatic carbocycles. The number of fused-ring (bicyclic) bond motifs is 1. The van der Waals surface area contributed by atoms with E-state index in [1.165, 1.54) is 11.0 Å². The summed E-state index contributed by atoms with van der Waals surface area (Å²) in [5.74, 6) is -1.14. The molecule has 1 saturated carbocycles. The highest BCUT2D eigenvalue weighted by atomic mass is 32.1. The van der Waals surface area contributed by atoms with Crippen LogP contribution in [0.25, 0.3) is 10.9 Å². The molecule has 4 fully saturated rings. The van der Waals surface area contributed by atoms with Crippen molar-refractivity contribution in [2.45, 2.75) is 120 Å². The molecule has 18 heteroatoms. The van der Waals surface area contributed by atoms with Gasteiger partial charge in [-0.05, 0) is 97.2 Å². The van der Waals surface area contributed by atoms with Crippen molar-refractivity contribution < 1.29 is 32.3 Å². The summed E-state index contributed by atoms with van der Waals surface area (Å²) in [4.78, 5) is 63.3. The molecule has 2 N–H and O–H groups in total. The number of rotatable bonds is 10. The van der Waals surface area contributed by atoms with Crippen LogP contribution in [-0.4, -0.2) is 108 Å². The lowest BCUT2D eigenvalue weighted by Gasteiger charge is -2.44. The highest BCUT2D eigenvalue weighted by molar-refractivity contribution is 7.81. The van der Waals surface area contributed by atoms with Crippen LogP contribution >= 0.6 is 12.6 Å². The molecule has 3 aliphatic heterocycles. The second kappa shape index (κ2) is 17.1. The van der Waals surface area contributed by atoms with Gasteiger partial charge in [-0.15, -0.1) is 12.6 Å². The van der Waals surface area contributed by atoms with E-state index in [0.717, 1.165) is 81.3 Å².